The largest absolute Gasteiger partial charge is 0.368 e. The number of carbonyl (C=O) groups is 1. The van der Waals surface area contributed by atoms with Crippen molar-refractivity contribution < 1.29 is 4.79 Å². The molecule has 0 saturated carbocycles. The zero-order chi connectivity index (χ0) is 14.9. The number of nitrogens with zero attached hydrogens (tertiary/aromatic N) is 3. The summed E-state index contributed by atoms with van der Waals surface area (Å²) >= 11 is 0. The van der Waals surface area contributed by atoms with Crippen LogP contribution in [0.4, 0.5) is 0 Å². The minimum absolute atomic E-state index is 0.0992. The van der Waals surface area contributed by atoms with Gasteiger partial charge in [-0.1, -0.05) is 20.8 Å². The highest BCUT2D eigenvalue weighted by Crippen LogP contribution is 2.40. The van der Waals surface area contributed by atoms with E-state index in [4.69, 9.17) is 11.0 Å². The summed E-state index contributed by atoms with van der Waals surface area (Å²) in [5, 5.41) is 13.7. The van der Waals surface area contributed by atoms with Gasteiger partial charge in [-0.2, -0.15) is 10.4 Å². The normalized spacial score (nSPS) is 18.4. The molecule has 1 atom stereocenters. The van der Waals surface area contributed by atoms with Crippen LogP contribution >= 0.6 is 0 Å². The maximum absolute atomic E-state index is 11.2. The number of amides is 1. The van der Waals surface area contributed by atoms with Crippen LogP contribution in [-0.4, -0.2) is 15.7 Å². The molecule has 1 aliphatic carbocycles. The van der Waals surface area contributed by atoms with Crippen molar-refractivity contribution in [2.24, 2.45) is 5.73 Å². The van der Waals surface area contributed by atoms with Crippen LogP contribution in [0.25, 0.3) is 0 Å². The first-order valence-electron chi connectivity index (χ1n) is 7.10. The second-order valence-electron chi connectivity index (χ2n) is 6.53. The molecule has 108 valence electrons. The van der Waals surface area contributed by atoms with E-state index in [2.05, 4.69) is 31.9 Å². The predicted molar refractivity (Wildman–Crippen MR) is 76.0 cm³/mol. The van der Waals surface area contributed by atoms with E-state index in [-0.39, 0.29) is 23.8 Å². The van der Waals surface area contributed by atoms with Crippen molar-refractivity contribution in [3.8, 4) is 6.07 Å². The molecule has 1 aromatic rings. The monoisotopic (exact) mass is 274 g/mol. The maximum Gasteiger partial charge on any atom is 0.239 e. The van der Waals surface area contributed by atoms with Gasteiger partial charge in [-0.15, -0.1) is 0 Å². The second-order valence-corrected chi connectivity index (χ2v) is 6.53. The van der Waals surface area contributed by atoms with E-state index in [1.807, 2.05) is 0 Å². The second kappa shape index (κ2) is 5.28. The highest BCUT2D eigenvalue weighted by molar-refractivity contribution is 5.73. The molecule has 0 aliphatic heterocycles. The van der Waals surface area contributed by atoms with Gasteiger partial charge < -0.3 is 5.73 Å². The minimum Gasteiger partial charge on any atom is -0.368 e. The fourth-order valence-electron chi connectivity index (χ4n) is 3.01. The highest BCUT2D eigenvalue weighted by Gasteiger charge is 2.33. The van der Waals surface area contributed by atoms with Gasteiger partial charge in [0, 0.05) is 29.0 Å². The first kappa shape index (κ1) is 14.6. The molecule has 0 bridgehead atoms. The van der Waals surface area contributed by atoms with Crippen LogP contribution in [0.15, 0.2) is 0 Å². The zero-order valence-electron chi connectivity index (χ0n) is 12.4. The van der Waals surface area contributed by atoms with Gasteiger partial charge in [0.2, 0.25) is 5.91 Å². The smallest absolute Gasteiger partial charge is 0.239 e. The van der Waals surface area contributed by atoms with Crippen LogP contribution in [0.5, 0.6) is 0 Å². The molecule has 5 heteroatoms. The Bertz CT molecular complexity index is 560. The number of fused-ring (bicyclic) bond motifs is 1. The highest BCUT2D eigenvalue weighted by atomic mass is 16.1. The van der Waals surface area contributed by atoms with Crippen molar-refractivity contribution in [3.63, 3.8) is 0 Å². The molecule has 1 aromatic heterocycles. The third-order valence-electron chi connectivity index (χ3n) is 3.83. The van der Waals surface area contributed by atoms with Gasteiger partial charge in [-0.05, 0) is 19.3 Å². The Morgan fingerprint density at radius 3 is 2.80 bits per heavy atom. The van der Waals surface area contributed by atoms with Gasteiger partial charge in [-0.25, -0.2) is 0 Å². The lowest BCUT2D eigenvalue weighted by Crippen LogP contribution is -2.22. The van der Waals surface area contributed by atoms with E-state index in [1.54, 1.807) is 4.68 Å². The summed E-state index contributed by atoms with van der Waals surface area (Å²) in [5.41, 5.74) is 8.51. The number of carbonyl (C=O) groups excluding carboxylic acids is 1. The fourth-order valence-corrected chi connectivity index (χ4v) is 3.01. The molecular weight excluding hydrogens is 252 g/mol. The summed E-state index contributed by atoms with van der Waals surface area (Å²) in [6.45, 7) is 6.46. The van der Waals surface area contributed by atoms with E-state index in [9.17, 15) is 4.79 Å². The molecule has 1 aliphatic rings. The molecule has 0 aromatic carbocycles. The number of rotatable bonds is 3. The van der Waals surface area contributed by atoms with Gasteiger partial charge in [0.25, 0.3) is 0 Å². The van der Waals surface area contributed by atoms with Crippen molar-refractivity contribution in [1.29, 1.82) is 5.26 Å². The summed E-state index contributed by atoms with van der Waals surface area (Å²) < 4.78 is 1.75. The molecule has 0 radical (unpaired) electrons. The maximum atomic E-state index is 11.2. The topological polar surface area (TPSA) is 84.7 Å². The van der Waals surface area contributed by atoms with Gasteiger partial charge in [0.05, 0.1) is 11.8 Å². The van der Waals surface area contributed by atoms with Crippen molar-refractivity contribution >= 4 is 5.91 Å². The molecule has 1 amide bonds. The molecule has 20 heavy (non-hydrogen) atoms. The van der Waals surface area contributed by atoms with Crippen molar-refractivity contribution in [2.75, 3.05) is 0 Å². The molecule has 0 saturated heterocycles. The van der Waals surface area contributed by atoms with Crippen molar-refractivity contribution in [3.05, 3.63) is 17.0 Å². The summed E-state index contributed by atoms with van der Waals surface area (Å²) in [6.07, 6.45) is 3.48. The van der Waals surface area contributed by atoms with Crippen LogP contribution in [0, 0.1) is 11.3 Å². The molecule has 5 nitrogen and oxygen atoms in total. The van der Waals surface area contributed by atoms with Crippen LogP contribution in [0.2, 0.25) is 0 Å². The average molecular weight is 274 g/mol. The first-order valence-corrected chi connectivity index (χ1v) is 7.10. The SMILES string of the molecule is CC(C)(C)c1nn(CC(N)=O)c2c1C(CC#N)CCC2. The standard InChI is InChI=1S/C15H22N4O/c1-15(2,3)14-13-10(7-8-16)5-4-6-11(13)19(18-14)9-12(17)20/h10H,4-7,9H2,1-3H3,(H2,17,20). The van der Waals surface area contributed by atoms with Gasteiger partial charge in [0.1, 0.15) is 6.54 Å². The number of primary amides is 1. The Hall–Kier alpha value is -1.83. The van der Waals surface area contributed by atoms with Crippen LogP contribution in [0.1, 0.15) is 62.9 Å². The Morgan fingerprint density at radius 1 is 1.55 bits per heavy atom. The molecular formula is C15H22N4O. The van der Waals surface area contributed by atoms with Crippen molar-refractivity contribution in [1.82, 2.24) is 9.78 Å². The van der Waals surface area contributed by atoms with E-state index in [0.29, 0.717) is 6.42 Å². The zero-order valence-corrected chi connectivity index (χ0v) is 12.4. The molecule has 0 fully saturated rings. The summed E-state index contributed by atoms with van der Waals surface area (Å²) in [7, 11) is 0. The quantitative estimate of drug-likeness (QED) is 0.914. The lowest BCUT2D eigenvalue weighted by Gasteiger charge is -2.25. The van der Waals surface area contributed by atoms with E-state index < -0.39 is 0 Å². The third-order valence-corrected chi connectivity index (χ3v) is 3.83. The molecule has 1 heterocycles. The van der Waals surface area contributed by atoms with E-state index >= 15 is 0 Å². The Labute approximate surface area is 119 Å². The first-order chi connectivity index (χ1) is 9.34. The molecule has 0 spiro atoms. The van der Waals surface area contributed by atoms with Crippen LogP contribution in [0.3, 0.4) is 0 Å². The number of hydrogen-bond donors (Lipinski definition) is 1. The van der Waals surface area contributed by atoms with Gasteiger partial charge in [0.15, 0.2) is 0 Å². The summed E-state index contributed by atoms with van der Waals surface area (Å²) in [4.78, 5) is 11.2. The Balaban J connectivity index is 2.55. The number of hydrogen-bond acceptors (Lipinski definition) is 3. The summed E-state index contributed by atoms with van der Waals surface area (Å²) in [5.74, 6) is -0.141. The number of nitrogens with two attached hydrogens (primary N) is 1. The number of aromatic nitrogens is 2. The molecule has 2 rings (SSSR count). The van der Waals surface area contributed by atoms with Gasteiger partial charge in [-0.3, -0.25) is 9.48 Å². The lowest BCUT2D eigenvalue weighted by molar-refractivity contribution is -0.118. The average Bonchev–Trinajstić information content (AvgIpc) is 2.69. The predicted octanol–water partition coefficient (Wildman–Crippen LogP) is 2.00. The third kappa shape index (κ3) is 2.69. The molecule has 2 N–H and O–H groups in total. The fraction of sp³-hybridized carbons (Fsp3) is 0.667. The van der Waals surface area contributed by atoms with Crippen LogP contribution < -0.4 is 5.73 Å². The minimum atomic E-state index is -0.377. The van der Waals surface area contributed by atoms with Gasteiger partial charge >= 0.3 is 0 Å². The Morgan fingerprint density at radius 2 is 2.25 bits per heavy atom. The van der Waals surface area contributed by atoms with Crippen molar-refractivity contribution in [2.45, 2.75) is 64.3 Å². The number of nitriles is 1. The Kier molecular flexibility index (Phi) is 3.85. The van der Waals surface area contributed by atoms with Crippen LogP contribution in [-0.2, 0) is 23.2 Å². The molecule has 1 unspecified atom stereocenters. The van der Waals surface area contributed by atoms with E-state index in [1.165, 1.54) is 5.56 Å². The summed E-state index contributed by atoms with van der Waals surface area (Å²) in [6, 6.07) is 2.28. The van der Waals surface area contributed by atoms with E-state index in [0.717, 1.165) is 30.7 Å². The lowest BCUT2D eigenvalue weighted by atomic mass is 9.78.